The van der Waals surface area contributed by atoms with Crippen LogP contribution in [-0.4, -0.2) is 55.2 Å². The molecule has 0 unspecified atom stereocenters. The van der Waals surface area contributed by atoms with E-state index < -0.39 is 0 Å². The van der Waals surface area contributed by atoms with Crippen LogP contribution in [0.25, 0.3) is 0 Å². The van der Waals surface area contributed by atoms with Gasteiger partial charge in [0.15, 0.2) is 0 Å². The smallest absolute Gasteiger partial charge is 0.255 e. The van der Waals surface area contributed by atoms with E-state index in [-0.39, 0.29) is 11.8 Å². The van der Waals surface area contributed by atoms with Crippen molar-refractivity contribution in [1.82, 2.24) is 4.90 Å². The molecule has 0 aromatic heterocycles. The quantitative estimate of drug-likeness (QED) is 0.781. The van der Waals surface area contributed by atoms with Gasteiger partial charge in [0, 0.05) is 60.2 Å². The first kappa shape index (κ1) is 20.8. The van der Waals surface area contributed by atoms with Crippen molar-refractivity contribution >= 4 is 40.6 Å². The van der Waals surface area contributed by atoms with E-state index in [1.54, 1.807) is 17.8 Å². The van der Waals surface area contributed by atoms with Crippen molar-refractivity contribution in [2.45, 2.75) is 25.2 Å². The van der Waals surface area contributed by atoms with Gasteiger partial charge in [0.25, 0.3) is 5.91 Å². The third kappa shape index (κ3) is 4.63. The molecule has 0 saturated carbocycles. The minimum Gasteiger partial charge on any atom is -0.369 e. The molecule has 2 aliphatic heterocycles. The average Bonchev–Trinajstić information content (AvgIpc) is 2.95. The van der Waals surface area contributed by atoms with Crippen LogP contribution in [0.2, 0.25) is 0 Å². The van der Waals surface area contributed by atoms with Crippen molar-refractivity contribution in [1.29, 1.82) is 0 Å². The number of rotatable bonds is 4. The lowest BCUT2D eigenvalue weighted by atomic mass is 10.1. The largest absolute Gasteiger partial charge is 0.369 e. The van der Waals surface area contributed by atoms with Crippen LogP contribution in [0, 0.1) is 6.92 Å². The fourth-order valence-electron chi connectivity index (χ4n) is 3.86. The lowest BCUT2D eigenvalue weighted by molar-refractivity contribution is -0.115. The molecule has 0 bridgehead atoms. The van der Waals surface area contributed by atoms with Gasteiger partial charge in [-0.2, -0.15) is 0 Å². The highest BCUT2D eigenvalue weighted by molar-refractivity contribution is 7.99. The molecule has 2 N–H and O–H groups in total. The number of hydrogen-bond donors (Lipinski definition) is 2. The summed E-state index contributed by atoms with van der Waals surface area (Å²) in [5.41, 5.74) is 4.30. The number of anilines is 3. The summed E-state index contributed by atoms with van der Waals surface area (Å²) < 4.78 is 0. The van der Waals surface area contributed by atoms with Crippen LogP contribution in [0.1, 0.15) is 29.3 Å². The molecule has 7 heteroatoms. The number of benzene rings is 2. The molecular weight excluding hydrogens is 396 g/mol. The number of aryl methyl sites for hydroxylation is 1. The number of piperazine rings is 1. The normalized spacial score (nSPS) is 17.1. The second kappa shape index (κ2) is 9.10. The third-order valence-corrected chi connectivity index (χ3v) is 6.82. The van der Waals surface area contributed by atoms with Crippen LogP contribution in [0.4, 0.5) is 17.1 Å². The highest BCUT2D eigenvalue weighted by Gasteiger charge is 2.18. The molecule has 0 aliphatic carbocycles. The number of fused-ring (bicyclic) bond motifs is 1. The zero-order valence-electron chi connectivity index (χ0n) is 17.5. The van der Waals surface area contributed by atoms with E-state index in [0.29, 0.717) is 17.7 Å². The Morgan fingerprint density at radius 2 is 1.93 bits per heavy atom. The number of amides is 2. The summed E-state index contributed by atoms with van der Waals surface area (Å²) in [5.74, 6) is 0.572. The van der Waals surface area contributed by atoms with Gasteiger partial charge in [0.05, 0.1) is 5.69 Å². The van der Waals surface area contributed by atoms with Crippen molar-refractivity contribution in [3.63, 3.8) is 0 Å². The van der Waals surface area contributed by atoms with Gasteiger partial charge in [-0.1, -0.05) is 6.92 Å². The van der Waals surface area contributed by atoms with Crippen molar-refractivity contribution in [3.8, 4) is 0 Å². The van der Waals surface area contributed by atoms with E-state index in [1.165, 1.54) is 5.69 Å². The van der Waals surface area contributed by atoms with Crippen LogP contribution in [-0.2, 0) is 4.79 Å². The predicted molar refractivity (Wildman–Crippen MR) is 124 cm³/mol. The second-order valence-electron chi connectivity index (χ2n) is 7.73. The lowest BCUT2D eigenvalue weighted by Crippen LogP contribution is -2.46. The van der Waals surface area contributed by atoms with Crippen LogP contribution >= 0.6 is 11.8 Å². The van der Waals surface area contributed by atoms with E-state index >= 15 is 0 Å². The number of carbonyl (C=O) groups excluding carboxylic acids is 2. The summed E-state index contributed by atoms with van der Waals surface area (Å²) in [6.45, 7) is 9.55. The molecule has 2 aromatic rings. The van der Waals surface area contributed by atoms with Crippen molar-refractivity contribution in [2.24, 2.45) is 0 Å². The molecule has 6 nitrogen and oxygen atoms in total. The minimum atomic E-state index is -0.172. The molecular formula is C23H28N4O2S. The summed E-state index contributed by atoms with van der Waals surface area (Å²) in [4.78, 5) is 30.5. The van der Waals surface area contributed by atoms with Crippen LogP contribution in [0.5, 0.6) is 0 Å². The van der Waals surface area contributed by atoms with E-state index in [9.17, 15) is 9.59 Å². The summed E-state index contributed by atoms with van der Waals surface area (Å²) >= 11 is 1.63. The summed E-state index contributed by atoms with van der Waals surface area (Å²) in [5, 5.41) is 5.92. The van der Waals surface area contributed by atoms with Crippen molar-refractivity contribution in [2.75, 3.05) is 54.0 Å². The molecule has 1 fully saturated rings. The van der Waals surface area contributed by atoms with Gasteiger partial charge in [-0.25, -0.2) is 0 Å². The highest BCUT2D eigenvalue weighted by atomic mass is 32.2. The summed E-state index contributed by atoms with van der Waals surface area (Å²) in [6.07, 6.45) is 0.486. The molecule has 4 rings (SSSR count). The molecule has 158 valence electrons. The number of carbonyl (C=O) groups is 2. The van der Waals surface area contributed by atoms with E-state index in [4.69, 9.17) is 0 Å². The molecule has 2 heterocycles. The number of nitrogens with one attached hydrogen (secondary N) is 2. The van der Waals surface area contributed by atoms with Crippen LogP contribution in [0.15, 0.2) is 41.3 Å². The molecule has 0 radical (unpaired) electrons. The highest BCUT2D eigenvalue weighted by Crippen LogP contribution is 2.32. The van der Waals surface area contributed by atoms with E-state index in [1.807, 2.05) is 25.1 Å². The van der Waals surface area contributed by atoms with Crippen LogP contribution in [0.3, 0.4) is 0 Å². The Morgan fingerprint density at radius 1 is 1.13 bits per heavy atom. The Morgan fingerprint density at radius 3 is 2.67 bits per heavy atom. The van der Waals surface area contributed by atoms with Crippen molar-refractivity contribution < 1.29 is 9.59 Å². The zero-order valence-corrected chi connectivity index (χ0v) is 18.3. The first-order chi connectivity index (χ1) is 14.5. The third-order valence-electron chi connectivity index (χ3n) is 5.75. The van der Waals surface area contributed by atoms with Gasteiger partial charge in [-0.05, 0) is 55.4 Å². The van der Waals surface area contributed by atoms with Crippen molar-refractivity contribution in [3.05, 3.63) is 47.5 Å². The maximum Gasteiger partial charge on any atom is 0.255 e. The first-order valence-corrected chi connectivity index (χ1v) is 11.5. The maximum absolute atomic E-state index is 12.8. The molecule has 2 aliphatic rings. The number of nitrogens with zero attached hydrogens (tertiary/aromatic N) is 2. The van der Waals surface area contributed by atoms with Gasteiger partial charge in [-0.3, -0.25) is 9.59 Å². The zero-order chi connectivity index (χ0) is 21.1. The first-order valence-electron chi connectivity index (χ1n) is 10.5. The second-order valence-corrected chi connectivity index (χ2v) is 8.87. The number of likely N-dealkylation sites (N-methyl/N-ethyl adjacent to an activating group) is 1. The van der Waals surface area contributed by atoms with Gasteiger partial charge < -0.3 is 20.4 Å². The molecule has 2 amide bonds. The fourth-order valence-corrected chi connectivity index (χ4v) is 4.80. The molecule has 0 atom stereocenters. The van der Waals surface area contributed by atoms with E-state index in [0.717, 1.165) is 54.6 Å². The Bertz CT molecular complexity index is 954. The standard InChI is InChI=1S/C23H28N4O2S/c1-3-26-9-11-27(12-10-26)18-5-6-19(16(2)14-18)25-23(29)17-4-7-21-20(15-17)24-22(28)8-13-30-21/h4-7,14-15H,3,8-13H2,1-2H3,(H,24,28)(H,25,29). The van der Waals surface area contributed by atoms with Gasteiger partial charge in [0.1, 0.15) is 0 Å². The minimum absolute atomic E-state index is 0.00925. The Labute approximate surface area is 182 Å². The fraction of sp³-hybridized carbons (Fsp3) is 0.391. The number of thioether (sulfide) groups is 1. The number of hydrogen-bond acceptors (Lipinski definition) is 5. The maximum atomic E-state index is 12.8. The average molecular weight is 425 g/mol. The SMILES string of the molecule is CCN1CCN(c2ccc(NC(=O)c3ccc4c(c3)NC(=O)CCS4)c(C)c2)CC1. The molecule has 1 saturated heterocycles. The summed E-state index contributed by atoms with van der Waals surface area (Å²) in [7, 11) is 0. The predicted octanol–water partition coefficient (Wildman–Crippen LogP) is 3.82. The van der Waals surface area contributed by atoms with E-state index in [2.05, 4.69) is 39.5 Å². The summed E-state index contributed by atoms with van der Waals surface area (Å²) in [6, 6.07) is 11.7. The topological polar surface area (TPSA) is 64.7 Å². The monoisotopic (exact) mass is 424 g/mol. The molecule has 2 aromatic carbocycles. The lowest BCUT2D eigenvalue weighted by Gasteiger charge is -2.35. The van der Waals surface area contributed by atoms with Gasteiger partial charge in [-0.15, -0.1) is 11.8 Å². The Kier molecular flexibility index (Phi) is 6.29. The molecule has 30 heavy (non-hydrogen) atoms. The van der Waals surface area contributed by atoms with Gasteiger partial charge >= 0.3 is 0 Å². The Hall–Kier alpha value is -2.51. The van der Waals surface area contributed by atoms with Gasteiger partial charge in [0.2, 0.25) is 5.91 Å². The van der Waals surface area contributed by atoms with Crippen LogP contribution < -0.4 is 15.5 Å². The molecule has 0 spiro atoms. The Balaban J connectivity index is 1.45.